The molecule has 4 heterocycles. The van der Waals surface area contributed by atoms with Crippen LogP contribution in [0.2, 0.25) is 0 Å². The van der Waals surface area contributed by atoms with E-state index in [1.165, 1.54) is 10.3 Å². The van der Waals surface area contributed by atoms with Crippen molar-refractivity contribution >= 4 is 49.7 Å². The summed E-state index contributed by atoms with van der Waals surface area (Å²) in [6.45, 7) is 1.92. The Morgan fingerprint density at radius 1 is 1.12 bits per heavy atom. The van der Waals surface area contributed by atoms with Gasteiger partial charge in [0.2, 0.25) is 0 Å². The second kappa shape index (κ2) is 5.94. The highest BCUT2D eigenvalue weighted by molar-refractivity contribution is 7.16. The molecule has 1 aliphatic heterocycles. The minimum atomic E-state index is 0.802. The Balaban J connectivity index is 1.54. The SMILES string of the molecule is C1=C(c2cc3c(Nc4ccc5scnc5c4)ncnc3[nH]2)CCNC1. The Bertz CT molecular complexity index is 1090. The maximum absolute atomic E-state index is 4.44. The van der Waals surface area contributed by atoms with Crippen LogP contribution in [0, 0.1) is 0 Å². The minimum Gasteiger partial charge on any atom is -0.340 e. The lowest BCUT2D eigenvalue weighted by Gasteiger charge is -2.12. The first-order valence-corrected chi connectivity index (χ1v) is 9.09. The van der Waals surface area contributed by atoms with Crippen LogP contribution in [0.5, 0.6) is 0 Å². The van der Waals surface area contributed by atoms with Crippen LogP contribution >= 0.6 is 11.3 Å². The van der Waals surface area contributed by atoms with Crippen molar-refractivity contribution in [3.05, 3.63) is 47.9 Å². The van der Waals surface area contributed by atoms with E-state index in [0.717, 1.165) is 53.3 Å². The fourth-order valence-corrected chi connectivity index (χ4v) is 3.81. The zero-order valence-electron chi connectivity index (χ0n) is 13.4. The second-order valence-electron chi connectivity index (χ2n) is 6.01. The number of anilines is 2. The number of hydrogen-bond donors (Lipinski definition) is 3. The standard InChI is InChI=1S/C18H16N6S/c1-2-16-15(22-10-25-16)7-12(1)23-17-13-8-14(11-3-5-19-6-4-11)24-18(13)21-9-20-17/h1-3,7-10,19H,4-6H2,(H2,20,21,23,24). The quantitative estimate of drug-likeness (QED) is 0.526. The van der Waals surface area contributed by atoms with Crippen LogP contribution < -0.4 is 10.6 Å². The van der Waals surface area contributed by atoms with Gasteiger partial charge in [-0.1, -0.05) is 6.08 Å². The largest absolute Gasteiger partial charge is 0.340 e. The molecule has 25 heavy (non-hydrogen) atoms. The van der Waals surface area contributed by atoms with Crippen molar-refractivity contribution in [3.8, 4) is 0 Å². The highest BCUT2D eigenvalue weighted by Crippen LogP contribution is 2.29. The van der Waals surface area contributed by atoms with E-state index in [2.05, 4.69) is 54.8 Å². The number of nitrogens with one attached hydrogen (secondary N) is 3. The fourth-order valence-electron chi connectivity index (χ4n) is 3.15. The number of thiazole rings is 1. The third kappa shape index (κ3) is 2.67. The predicted molar refractivity (Wildman–Crippen MR) is 102 cm³/mol. The van der Waals surface area contributed by atoms with Gasteiger partial charge in [0.25, 0.3) is 0 Å². The van der Waals surface area contributed by atoms with E-state index in [1.807, 2.05) is 11.6 Å². The van der Waals surface area contributed by atoms with Gasteiger partial charge in [-0.05, 0) is 42.8 Å². The Labute approximate surface area is 148 Å². The summed E-state index contributed by atoms with van der Waals surface area (Å²) in [6.07, 6.45) is 4.83. The molecule has 0 amide bonds. The van der Waals surface area contributed by atoms with Crippen molar-refractivity contribution in [1.29, 1.82) is 0 Å². The monoisotopic (exact) mass is 348 g/mol. The molecule has 0 aliphatic carbocycles. The number of aromatic nitrogens is 4. The van der Waals surface area contributed by atoms with E-state index in [9.17, 15) is 0 Å². The minimum absolute atomic E-state index is 0.802. The number of H-pyrrole nitrogens is 1. The summed E-state index contributed by atoms with van der Waals surface area (Å²) in [5.74, 6) is 0.802. The van der Waals surface area contributed by atoms with Gasteiger partial charge in [0.05, 0.1) is 21.1 Å². The van der Waals surface area contributed by atoms with Gasteiger partial charge >= 0.3 is 0 Å². The van der Waals surface area contributed by atoms with E-state index in [1.54, 1.807) is 17.7 Å². The lowest BCUT2D eigenvalue weighted by Crippen LogP contribution is -2.20. The van der Waals surface area contributed by atoms with Crippen LogP contribution in [-0.4, -0.2) is 33.0 Å². The maximum Gasteiger partial charge on any atom is 0.143 e. The van der Waals surface area contributed by atoms with Gasteiger partial charge in [0.15, 0.2) is 0 Å². The second-order valence-corrected chi connectivity index (χ2v) is 6.90. The topological polar surface area (TPSA) is 78.5 Å². The Hall–Kier alpha value is -2.77. The van der Waals surface area contributed by atoms with Gasteiger partial charge < -0.3 is 15.6 Å². The summed E-state index contributed by atoms with van der Waals surface area (Å²) in [4.78, 5) is 16.6. The highest BCUT2D eigenvalue weighted by Gasteiger charge is 2.13. The van der Waals surface area contributed by atoms with Crippen LogP contribution in [-0.2, 0) is 0 Å². The van der Waals surface area contributed by atoms with E-state index in [-0.39, 0.29) is 0 Å². The Morgan fingerprint density at radius 2 is 2.12 bits per heavy atom. The molecule has 0 bridgehead atoms. The molecule has 3 aromatic heterocycles. The van der Waals surface area contributed by atoms with Crippen molar-refractivity contribution in [3.63, 3.8) is 0 Å². The van der Waals surface area contributed by atoms with E-state index in [4.69, 9.17) is 0 Å². The van der Waals surface area contributed by atoms with Crippen molar-refractivity contribution in [2.75, 3.05) is 18.4 Å². The van der Waals surface area contributed by atoms with Crippen LogP contribution in [0.25, 0.3) is 26.8 Å². The summed E-state index contributed by atoms with van der Waals surface area (Å²) in [5, 5.41) is 7.74. The maximum atomic E-state index is 4.44. The molecular weight excluding hydrogens is 332 g/mol. The molecule has 1 aromatic carbocycles. The molecule has 0 atom stereocenters. The van der Waals surface area contributed by atoms with Crippen LogP contribution in [0.4, 0.5) is 11.5 Å². The summed E-state index contributed by atoms with van der Waals surface area (Å²) in [6, 6.07) is 8.31. The number of aromatic amines is 1. The average molecular weight is 348 g/mol. The first-order valence-electron chi connectivity index (χ1n) is 8.21. The first-order chi connectivity index (χ1) is 12.4. The van der Waals surface area contributed by atoms with Crippen LogP contribution in [0.3, 0.4) is 0 Å². The van der Waals surface area contributed by atoms with Crippen molar-refractivity contribution in [1.82, 2.24) is 25.3 Å². The molecule has 1 aliphatic rings. The zero-order valence-corrected chi connectivity index (χ0v) is 14.2. The van der Waals surface area contributed by atoms with E-state index < -0.39 is 0 Å². The molecule has 0 spiro atoms. The molecule has 0 unspecified atom stereocenters. The molecule has 0 saturated carbocycles. The molecule has 6 nitrogen and oxygen atoms in total. The highest BCUT2D eigenvalue weighted by atomic mass is 32.1. The first kappa shape index (κ1) is 14.6. The van der Waals surface area contributed by atoms with Gasteiger partial charge in [0, 0.05) is 17.9 Å². The van der Waals surface area contributed by atoms with Gasteiger partial charge in [-0.15, -0.1) is 11.3 Å². The molecule has 4 aromatic rings. The lowest BCUT2D eigenvalue weighted by atomic mass is 10.1. The summed E-state index contributed by atoms with van der Waals surface area (Å²) < 4.78 is 1.18. The van der Waals surface area contributed by atoms with Crippen molar-refractivity contribution in [2.24, 2.45) is 0 Å². The molecule has 0 saturated heterocycles. The van der Waals surface area contributed by atoms with E-state index in [0.29, 0.717) is 0 Å². The normalized spacial score (nSPS) is 14.8. The summed E-state index contributed by atoms with van der Waals surface area (Å²) in [5.41, 5.74) is 7.13. The molecule has 0 radical (unpaired) electrons. The molecule has 124 valence electrons. The third-order valence-corrected chi connectivity index (χ3v) is 5.24. The molecule has 7 heteroatoms. The smallest absolute Gasteiger partial charge is 0.143 e. The number of rotatable bonds is 3. The van der Waals surface area contributed by atoms with Gasteiger partial charge in [0.1, 0.15) is 17.8 Å². The van der Waals surface area contributed by atoms with Gasteiger partial charge in [-0.2, -0.15) is 0 Å². The number of hydrogen-bond acceptors (Lipinski definition) is 6. The zero-order chi connectivity index (χ0) is 16.6. The molecule has 3 N–H and O–H groups in total. The van der Waals surface area contributed by atoms with Gasteiger partial charge in [-0.3, -0.25) is 0 Å². The molecule has 0 fully saturated rings. The lowest BCUT2D eigenvalue weighted by molar-refractivity contribution is 0.737. The number of fused-ring (bicyclic) bond motifs is 2. The number of nitrogens with zero attached hydrogens (tertiary/aromatic N) is 3. The van der Waals surface area contributed by atoms with Crippen molar-refractivity contribution in [2.45, 2.75) is 6.42 Å². The molecule has 5 rings (SSSR count). The summed E-state index contributed by atoms with van der Waals surface area (Å²) >= 11 is 1.64. The summed E-state index contributed by atoms with van der Waals surface area (Å²) in [7, 11) is 0. The van der Waals surface area contributed by atoms with Gasteiger partial charge in [-0.25, -0.2) is 15.0 Å². The fraction of sp³-hybridized carbons (Fsp3) is 0.167. The Morgan fingerprint density at radius 3 is 3.04 bits per heavy atom. The van der Waals surface area contributed by atoms with Crippen LogP contribution in [0.1, 0.15) is 12.1 Å². The number of benzene rings is 1. The van der Waals surface area contributed by atoms with Crippen LogP contribution in [0.15, 0.2) is 42.2 Å². The third-order valence-electron chi connectivity index (χ3n) is 4.43. The predicted octanol–water partition coefficient (Wildman–Crippen LogP) is 3.69. The Kier molecular flexibility index (Phi) is 3.46. The van der Waals surface area contributed by atoms with E-state index >= 15 is 0 Å². The average Bonchev–Trinajstić information content (AvgIpc) is 3.29. The molecular formula is C18H16N6S. The van der Waals surface area contributed by atoms with Crippen molar-refractivity contribution < 1.29 is 0 Å².